The van der Waals surface area contributed by atoms with Gasteiger partial charge in [-0.15, -0.1) is 11.6 Å². The standard InChI is InChI=1S/C17H23Cl4N3OS/c1-2-3-4-5-6-12-7-9-13(10-8-12)22-16(26)24-15(17(19,20)21)23-14(25)11-18/h7-10,15H,2-6,11H2,1H3,(H,23,25)(H2,22,24,26)/t15-/m1/s1. The zero-order valence-corrected chi connectivity index (χ0v) is 18.3. The number of hydrogen-bond donors (Lipinski definition) is 3. The molecule has 1 atom stereocenters. The third-order valence-corrected chi connectivity index (χ3v) is 4.68. The first kappa shape index (κ1) is 23.6. The van der Waals surface area contributed by atoms with Gasteiger partial charge in [0.2, 0.25) is 9.70 Å². The molecule has 0 heterocycles. The zero-order chi connectivity index (χ0) is 19.6. The molecular weight excluding hydrogens is 436 g/mol. The van der Waals surface area contributed by atoms with Crippen molar-refractivity contribution in [3.63, 3.8) is 0 Å². The maximum absolute atomic E-state index is 11.5. The molecule has 0 aliphatic heterocycles. The van der Waals surface area contributed by atoms with Crippen LogP contribution in [-0.4, -0.2) is 26.9 Å². The molecule has 26 heavy (non-hydrogen) atoms. The first-order chi connectivity index (χ1) is 12.3. The SMILES string of the molecule is CCCCCCc1ccc(NC(=S)N[C@@H](NC(=O)CCl)C(Cl)(Cl)Cl)cc1. The maximum Gasteiger partial charge on any atom is 0.236 e. The second-order valence-corrected chi connectivity index (χ2v) is 8.83. The summed E-state index contributed by atoms with van der Waals surface area (Å²) in [5, 5.41) is 8.44. The molecule has 0 bridgehead atoms. The molecule has 146 valence electrons. The van der Waals surface area contributed by atoms with Crippen molar-refractivity contribution in [2.24, 2.45) is 0 Å². The van der Waals surface area contributed by atoms with Crippen LogP contribution in [-0.2, 0) is 11.2 Å². The van der Waals surface area contributed by atoms with E-state index in [2.05, 4.69) is 35.0 Å². The Labute approximate surface area is 180 Å². The number of hydrogen-bond acceptors (Lipinski definition) is 2. The van der Waals surface area contributed by atoms with Gasteiger partial charge in [0.15, 0.2) is 5.11 Å². The summed E-state index contributed by atoms with van der Waals surface area (Å²) in [4.78, 5) is 11.5. The molecule has 0 unspecified atom stereocenters. The van der Waals surface area contributed by atoms with Gasteiger partial charge in [0.1, 0.15) is 12.0 Å². The van der Waals surface area contributed by atoms with Gasteiger partial charge < -0.3 is 16.0 Å². The van der Waals surface area contributed by atoms with Gasteiger partial charge in [0, 0.05) is 5.69 Å². The largest absolute Gasteiger partial charge is 0.339 e. The Bertz CT molecular complexity index is 578. The van der Waals surface area contributed by atoms with Crippen molar-refractivity contribution in [2.75, 3.05) is 11.2 Å². The summed E-state index contributed by atoms with van der Waals surface area (Å²) in [5.74, 6) is -0.732. The van der Waals surface area contributed by atoms with Crippen molar-refractivity contribution < 1.29 is 4.79 Å². The van der Waals surface area contributed by atoms with E-state index in [-0.39, 0.29) is 11.0 Å². The number of halogens is 4. The van der Waals surface area contributed by atoms with Crippen LogP contribution < -0.4 is 16.0 Å². The molecule has 0 aliphatic carbocycles. The minimum atomic E-state index is -1.80. The number of anilines is 1. The van der Waals surface area contributed by atoms with Gasteiger partial charge in [-0.1, -0.05) is 73.1 Å². The van der Waals surface area contributed by atoms with E-state index < -0.39 is 15.9 Å². The quantitative estimate of drug-likeness (QED) is 0.207. The van der Waals surface area contributed by atoms with Gasteiger partial charge in [0.25, 0.3) is 0 Å². The highest BCUT2D eigenvalue weighted by molar-refractivity contribution is 7.80. The van der Waals surface area contributed by atoms with E-state index >= 15 is 0 Å². The highest BCUT2D eigenvalue weighted by Gasteiger charge is 2.34. The van der Waals surface area contributed by atoms with E-state index in [1.54, 1.807) is 0 Å². The van der Waals surface area contributed by atoms with Crippen molar-refractivity contribution >= 4 is 75.3 Å². The predicted molar refractivity (Wildman–Crippen MR) is 117 cm³/mol. The van der Waals surface area contributed by atoms with E-state index in [0.717, 1.165) is 12.1 Å². The number of nitrogens with one attached hydrogen (secondary N) is 3. The van der Waals surface area contributed by atoms with Crippen LogP contribution in [0.2, 0.25) is 0 Å². The second-order valence-electron chi connectivity index (χ2n) is 5.78. The predicted octanol–water partition coefficient (Wildman–Crippen LogP) is 5.15. The molecule has 0 radical (unpaired) electrons. The van der Waals surface area contributed by atoms with Gasteiger partial charge >= 0.3 is 0 Å². The van der Waals surface area contributed by atoms with Crippen LogP contribution in [0.15, 0.2) is 24.3 Å². The van der Waals surface area contributed by atoms with Crippen molar-refractivity contribution in [2.45, 2.75) is 49.0 Å². The van der Waals surface area contributed by atoms with Gasteiger partial charge in [-0.25, -0.2) is 0 Å². The Kier molecular flexibility index (Phi) is 11.0. The summed E-state index contributed by atoms with van der Waals surface area (Å²) >= 11 is 28.3. The van der Waals surface area contributed by atoms with Crippen LogP contribution in [0.5, 0.6) is 0 Å². The van der Waals surface area contributed by atoms with Crippen molar-refractivity contribution in [1.82, 2.24) is 10.6 Å². The fraction of sp³-hybridized carbons (Fsp3) is 0.529. The summed E-state index contributed by atoms with van der Waals surface area (Å²) in [5.41, 5.74) is 2.07. The minimum absolute atomic E-state index is 0.215. The van der Waals surface area contributed by atoms with Crippen LogP contribution >= 0.6 is 58.6 Å². The van der Waals surface area contributed by atoms with Crippen LogP contribution in [0.3, 0.4) is 0 Å². The van der Waals surface area contributed by atoms with Crippen molar-refractivity contribution in [3.05, 3.63) is 29.8 Å². The van der Waals surface area contributed by atoms with Gasteiger partial charge in [-0.05, 0) is 42.8 Å². The number of unbranched alkanes of at least 4 members (excludes halogenated alkanes) is 3. The Morgan fingerprint density at radius 3 is 2.31 bits per heavy atom. The lowest BCUT2D eigenvalue weighted by molar-refractivity contribution is -0.119. The van der Waals surface area contributed by atoms with E-state index in [1.807, 2.05) is 12.1 Å². The summed E-state index contributed by atoms with van der Waals surface area (Å²) in [6, 6.07) is 7.98. The van der Waals surface area contributed by atoms with Gasteiger partial charge in [-0.2, -0.15) is 0 Å². The van der Waals surface area contributed by atoms with Crippen LogP contribution in [0, 0.1) is 0 Å². The maximum atomic E-state index is 11.5. The summed E-state index contributed by atoms with van der Waals surface area (Å²) < 4.78 is -1.80. The van der Waals surface area contributed by atoms with E-state index in [0.29, 0.717) is 0 Å². The monoisotopic (exact) mass is 457 g/mol. The average molecular weight is 459 g/mol. The number of amides is 1. The minimum Gasteiger partial charge on any atom is -0.339 e. The number of thiocarbonyl (C=S) groups is 1. The molecule has 0 saturated carbocycles. The molecule has 1 aromatic rings. The number of rotatable bonds is 9. The first-order valence-electron chi connectivity index (χ1n) is 8.34. The number of benzene rings is 1. The number of carbonyl (C=O) groups is 1. The average Bonchev–Trinajstić information content (AvgIpc) is 2.58. The highest BCUT2D eigenvalue weighted by Crippen LogP contribution is 2.29. The molecule has 1 aromatic carbocycles. The van der Waals surface area contributed by atoms with Crippen LogP contribution in [0.25, 0.3) is 0 Å². The number of alkyl halides is 4. The Morgan fingerprint density at radius 2 is 1.77 bits per heavy atom. The highest BCUT2D eigenvalue weighted by atomic mass is 35.6. The summed E-state index contributed by atoms with van der Waals surface area (Å²) in [7, 11) is 0. The van der Waals surface area contributed by atoms with Crippen molar-refractivity contribution in [1.29, 1.82) is 0 Å². The molecule has 0 spiro atoms. The molecule has 3 N–H and O–H groups in total. The molecule has 1 amide bonds. The van der Waals surface area contributed by atoms with Crippen molar-refractivity contribution in [3.8, 4) is 0 Å². The Balaban J connectivity index is 2.56. The van der Waals surface area contributed by atoms with Crippen LogP contribution in [0.4, 0.5) is 5.69 Å². The fourth-order valence-corrected chi connectivity index (χ4v) is 2.85. The van der Waals surface area contributed by atoms with E-state index in [9.17, 15) is 4.79 Å². The molecule has 1 rings (SSSR count). The molecule has 0 saturated heterocycles. The topological polar surface area (TPSA) is 53.2 Å². The molecule has 0 aliphatic rings. The smallest absolute Gasteiger partial charge is 0.236 e. The fourth-order valence-electron chi connectivity index (χ4n) is 2.21. The lowest BCUT2D eigenvalue weighted by Crippen LogP contribution is -2.56. The van der Waals surface area contributed by atoms with Crippen LogP contribution in [0.1, 0.15) is 38.2 Å². The normalized spacial score (nSPS) is 12.3. The lowest BCUT2D eigenvalue weighted by atomic mass is 10.1. The van der Waals surface area contributed by atoms with E-state index in [4.69, 9.17) is 58.6 Å². The van der Waals surface area contributed by atoms with E-state index in [1.165, 1.54) is 31.2 Å². The molecule has 4 nitrogen and oxygen atoms in total. The second kappa shape index (κ2) is 12.1. The number of carbonyl (C=O) groups excluding carboxylic acids is 1. The molecule has 9 heteroatoms. The molecule has 0 fully saturated rings. The first-order valence-corrected chi connectivity index (χ1v) is 10.4. The third kappa shape index (κ3) is 9.47. The third-order valence-electron chi connectivity index (χ3n) is 3.56. The lowest BCUT2D eigenvalue weighted by Gasteiger charge is -2.27. The molecule has 0 aromatic heterocycles. The van der Waals surface area contributed by atoms with Gasteiger partial charge in [-0.3, -0.25) is 4.79 Å². The summed E-state index contributed by atoms with van der Waals surface area (Å²) in [6.45, 7) is 2.20. The number of aryl methyl sites for hydroxylation is 1. The van der Waals surface area contributed by atoms with Gasteiger partial charge in [0.05, 0.1) is 0 Å². The Hall–Kier alpha value is -0.460. The molecular formula is C17H23Cl4N3OS. The zero-order valence-electron chi connectivity index (χ0n) is 14.5. The Morgan fingerprint density at radius 1 is 1.12 bits per heavy atom. The summed E-state index contributed by atoms with van der Waals surface area (Å²) in [6.07, 6.45) is 4.97.